The van der Waals surface area contributed by atoms with E-state index in [1.54, 1.807) is 30.7 Å². The molecule has 1 fully saturated rings. The summed E-state index contributed by atoms with van der Waals surface area (Å²) in [5.41, 5.74) is 2.09. The van der Waals surface area contributed by atoms with Crippen LogP contribution in [-0.2, 0) is 36.8 Å². The van der Waals surface area contributed by atoms with Gasteiger partial charge in [0.05, 0.1) is 6.04 Å². The Balaban J connectivity index is 1.83. The van der Waals surface area contributed by atoms with Crippen LogP contribution in [0.5, 0.6) is 0 Å². The van der Waals surface area contributed by atoms with Crippen LogP contribution in [0.2, 0.25) is 0 Å². The van der Waals surface area contributed by atoms with Crippen molar-refractivity contribution in [2.45, 2.75) is 64.6 Å². The average molecular weight is 549 g/mol. The predicted molar refractivity (Wildman–Crippen MR) is 154 cm³/mol. The van der Waals surface area contributed by atoms with Gasteiger partial charge in [0.15, 0.2) is 6.10 Å². The SMILES string of the molecule is CN[C@@H](C)C(=O)N=C(C)C(=O)N1CCC[C@H]1CN(CCc1ccccc1)C(=O)[C@@H](Cc1ccccc1)OC(C)=O. The van der Waals surface area contributed by atoms with E-state index in [2.05, 4.69) is 10.3 Å². The number of aliphatic imine (C=N–C) groups is 1. The normalized spacial score (nSPS) is 16.8. The second kappa shape index (κ2) is 15.1. The van der Waals surface area contributed by atoms with Crippen LogP contribution < -0.4 is 5.32 Å². The molecule has 0 aromatic heterocycles. The lowest BCUT2D eigenvalue weighted by Crippen LogP contribution is -2.50. The highest BCUT2D eigenvalue weighted by atomic mass is 16.5. The molecule has 0 radical (unpaired) electrons. The molecule has 0 unspecified atom stereocenters. The Morgan fingerprint density at radius 1 is 1.02 bits per heavy atom. The maximum atomic E-state index is 13.9. The van der Waals surface area contributed by atoms with Crippen molar-refractivity contribution in [3.05, 3.63) is 71.8 Å². The predicted octanol–water partition coefficient (Wildman–Crippen LogP) is 2.82. The van der Waals surface area contributed by atoms with E-state index in [0.29, 0.717) is 25.9 Å². The first-order valence-corrected chi connectivity index (χ1v) is 13.8. The first-order chi connectivity index (χ1) is 19.2. The number of nitrogens with one attached hydrogen (secondary N) is 1. The van der Waals surface area contributed by atoms with Gasteiger partial charge in [-0.1, -0.05) is 60.7 Å². The Morgan fingerprint density at radius 3 is 2.25 bits per heavy atom. The molecular weight excluding hydrogens is 508 g/mol. The summed E-state index contributed by atoms with van der Waals surface area (Å²) in [5.74, 6) is -1.54. The number of hydrogen-bond acceptors (Lipinski definition) is 6. The van der Waals surface area contributed by atoms with Crippen LogP contribution in [-0.4, -0.2) is 84.1 Å². The van der Waals surface area contributed by atoms with Crippen molar-refractivity contribution in [3.8, 4) is 0 Å². The topological polar surface area (TPSA) is 108 Å². The number of ether oxygens (including phenoxy) is 1. The third kappa shape index (κ3) is 8.84. The highest BCUT2D eigenvalue weighted by Crippen LogP contribution is 2.21. The second-order valence-electron chi connectivity index (χ2n) is 10.1. The Kier molecular flexibility index (Phi) is 11.6. The molecule has 1 heterocycles. The van der Waals surface area contributed by atoms with Gasteiger partial charge in [-0.2, -0.15) is 0 Å². The van der Waals surface area contributed by atoms with Crippen LogP contribution in [0.4, 0.5) is 0 Å². The van der Waals surface area contributed by atoms with E-state index < -0.39 is 24.0 Å². The molecule has 214 valence electrons. The summed E-state index contributed by atoms with van der Waals surface area (Å²) in [6, 6.07) is 18.6. The van der Waals surface area contributed by atoms with Gasteiger partial charge in [-0.3, -0.25) is 19.2 Å². The fourth-order valence-corrected chi connectivity index (χ4v) is 4.80. The van der Waals surface area contributed by atoms with E-state index in [0.717, 1.165) is 17.5 Å². The van der Waals surface area contributed by atoms with Crippen molar-refractivity contribution < 1.29 is 23.9 Å². The summed E-state index contributed by atoms with van der Waals surface area (Å²) < 4.78 is 5.53. The summed E-state index contributed by atoms with van der Waals surface area (Å²) in [6.45, 7) is 5.75. The van der Waals surface area contributed by atoms with E-state index in [1.807, 2.05) is 60.7 Å². The lowest BCUT2D eigenvalue weighted by molar-refractivity contribution is -0.159. The molecule has 0 spiro atoms. The molecule has 2 aromatic rings. The number of nitrogens with zero attached hydrogens (tertiary/aromatic N) is 3. The fourth-order valence-electron chi connectivity index (χ4n) is 4.80. The largest absolute Gasteiger partial charge is 0.452 e. The lowest BCUT2D eigenvalue weighted by atomic mass is 10.1. The Hall–Kier alpha value is -3.85. The van der Waals surface area contributed by atoms with E-state index in [4.69, 9.17) is 4.74 Å². The number of rotatable bonds is 12. The van der Waals surface area contributed by atoms with Crippen LogP contribution in [0, 0.1) is 0 Å². The van der Waals surface area contributed by atoms with Gasteiger partial charge in [0.2, 0.25) is 0 Å². The zero-order valence-electron chi connectivity index (χ0n) is 23.8. The average Bonchev–Trinajstić information content (AvgIpc) is 3.42. The molecule has 0 bridgehead atoms. The van der Waals surface area contributed by atoms with Gasteiger partial charge in [0, 0.05) is 39.0 Å². The molecule has 9 heteroatoms. The van der Waals surface area contributed by atoms with E-state index >= 15 is 0 Å². The summed E-state index contributed by atoms with van der Waals surface area (Å²) in [6.07, 6.45) is 1.38. The first kappa shape index (κ1) is 30.7. The van der Waals surface area contributed by atoms with E-state index in [1.165, 1.54) is 6.92 Å². The molecule has 1 saturated heterocycles. The highest BCUT2D eigenvalue weighted by Gasteiger charge is 2.35. The lowest BCUT2D eigenvalue weighted by Gasteiger charge is -2.33. The zero-order chi connectivity index (χ0) is 29.1. The van der Waals surface area contributed by atoms with Gasteiger partial charge in [0.1, 0.15) is 5.71 Å². The third-order valence-electron chi connectivity index (χ3n) is 7.13. The van der Waals surface area contributed by atoms with Crippen molar-refractivity contribution in [1.82, 2.24) is 15.1 Å². The molecule has 3 rings (SSSR count). The van der Waals surface area contributed by atoms with Gasteiger partial charge in [-0.15, -0.1) is 0 Å². The summed E-state index contributed by atoms with van der Waals surface area (Å²) in [5, 5.41) is 2.83. The van der Waals surface area contributed by atoms with Crippen molar-refractivity contribution in [2.24, 2.45) is 4.99 Å². The number of likely N-dealkylation sites (N-methyl/N-ethyl adjacent to an activating group) is 1. The quantitative estimate of drug-likeness (QED) is 0.323. The minimum atomic E-state index is -0.981. The maximum Gasteiger partial charge on any atom is 0.303 e. The van der Waals surface area contributed by atoms with Gasteiger partial charge in [0.25, 0.3) is 17.7 Å². The molecule has 40 heavy (non-hydrogen) atoms. The highest BCUT2D eigenvalue weighted by molar-refractivity contribution is 6.39. The number of amides is 3. The first-order valence-electron chi connectivity index (χ1n) is 13.8. The molecule has 3 atom stereocenters. The molecule has 3 amide bonds. The molecule has 2 aromatic carbocycles. The summed E-state index contributed by atoms with van der Waals surface area (Å²) >= 11 is 0. The van der Waals surface area contributed by atoms with Crippen LogP contribution in [0.25, 0.3) is 0 Å². The second-order valence-corrected chi connectivity index (χ2v) is 10.1. The van der Waals surface area contributed by atoms with Crippen molar-refractivity contribution >= 4 is 29.4 Å². The smallest absolute Gasteiger partial charge is 0.303 e. The number of esters is 1. The molecule has 0 aliphatic carbocycles. The van der Waals surface area contributed by atoms with Crippen LogP contribution in [0.15, 0.2) is 65.7 Å². The van der Waals surface area contributed by atoms with Gasteiger partial charge >= 0.3 is 5.97 Å². The Morgan fingerprint density at radius 2 is 1.65 bits per heavy atom. The molecule has 1 N–H and O–H groups in total. The summed E-state index contributed by atoms with van der Waals surface area (Å²) in [7, 11) is 1.66. The van der Waals surface area contributed by atoms with Crippen LogP contribution >= 0.6 is 0 Å². The number of likely N-dealkylation sites (tertiary alicyclic amines) is 1. The van der Waals surface area contributed by atoms with Crippen LogP contribution in [0.1, 0.15) is 44.7 Å². The van der Waals surface area contributed by atoms with Crippen molar-refractivity contribution in [3.63, 3.8) is 0 Å². The Bertz CT molecular complexity index is 1180. The van der Waals surface area contributed by atoms with Gasteiger partial charge in [-0.25, -0.2) is 4.99 Å². The Labute approximate surface area is 236 Å². The van der Waals surface area contributed by atoms with E-state index in [9.17, 15) is 19.2 Å². The minimum absolute atomic E-state index is 0.128. The third-order valence-corrected chi connectivity index (χ3v) is 7.13. The summed E-state index contributed by atoms with van der Waals surface area (Å²) in [4.78, 5) is 58.9. The standard InChI is InChI=1S/C31H40N4O5/c1-22(32-4)29(37)33-23(2)30(38)35-18-11-16-27(35)21-34(19-17-25-12-7-5-8-13-25)31(39)28(40-24(3)36)20-26-14-9-6-10-15-26/h5-10,12-15,22,27-28,32H,11,16-21H2,1-4H3/t22-,27-,28+/m0/s1. The molecule has 1 aliphatic rings. The van der Waals surface area contributed by atoms with Crippen molar-refractivity contribution in [1.29, 1.82) is 0 Å². The number of hydrogen-bond donors (Lipinski definition) is 1. The molecular formula is C31H40N4O5. The van der Waals surface area contributed by atoms with E-state index in [-0.39, 0.29) is 36.5 Å². The minimum Gasteiger partial charge on any atom is -0.452 e. The number of carbonyl (C=O) groups excluding carboxylic acids is 4. The molecule has 1 aliphatic heterocycles. The monoisotopic (exact) mass is 548 g/mol. The fraction of sp³-hybridized carbons (Fsp3) is 0.452. The number of benzene rings is 2. The van der Waals surface area contributed by atoms with Gasteiger partial charge in [-0.05, 0) is 51.3 Å². The molecule has 9 nitrogen and oxygen atoms in total. The number of carbonyl (C=O) groups is 4. The van der Waals surface area contributed by atoms with Gasteiger partial charge < -0.3 is 19.9 Å². The van der Waals surface area contributed by atoms with Crippen molar-refractivity contribution in [2.75, 3.05) is 26.7 Å². The van der Waals surface area contributed by atoms with Crippen LogP contribution in [0.3, 0.4) is 0 Å². The zero-order valence-corrected chi connectivity index (χ0v) is 23.8. The maximum absolute atomic E-state index is 13.9. The molecule has 0 saturated carbocycles.